The molecule has 0 spiro atoms. The molecule has 11 heteroatoms. The second-order valence-electron chi connectivity index (χ2n) is 24.1. The minimum Gasteiger partial charge on any atom is -0.462 e. The van der Waals surface area contributed by atoms with Crippen molar-refractivity contribution < 1.29 is 33.4 Å². The summed E-state index contributed by atoms with van der Waals surface area (Å²) in [6.45, 7) is 25.9. The van der Waals surface area contributed by atoms with Gasteiger partial charge in [0.2, 0.25) is 5.91 Å². The molecule has 0 aliphatic heterocycles. The van der Waals surface area contributed by atoms with Crippen LogP contribution in [-0.4, -0.2) is 51.8 Å². The Bertz CT molecular complexity index is 2320. The number of esters is 2. The van der Waals surface area contributed by atoms with E-state index in [2.05, 4.69) is 69.4 Å². The van der Waals surface area contributed by atoms with E-state index in [0.717, 1.165) is 67.3 Å². The third-order valence-corrected chi connectivity index (χ3v) is 19.2. The molecule has 5 saturated carbocycles. The van der Waals surface area contributed by atoms with Crippen molar-refractivity contribution in [2.45, 2.75) is 171 Å². The van der Waals surface area contributed by atoms with Gasteiger partial charge < -0.3 is 20.1 Å². The second kappa shape index (κ2) is 16.6. The van der Waals surface area contributed by atoms with Crippen molar-refractivity contribution in [2.24, 2.45) is 62.6 Å². The molecule has 2 aromatic rings. The summed E-state index contributed by atoms with van der Waals surface area (Å²) < 4.78 is 12.3. The van der Waals surface area contributed by atoms with Gasteiger partial charge in [0.1, 0.15) is 24.1 Å². The standard InChI is InChI=1S/C55H76N4O7/c1-32(2)43-38(60)30-55(58-47(63)51(8,9)59-48(64)57-42-20-16-17-33(3)56-42)28-27-53(11)35(44(43)55)21-22-40-52(10)25-24-41(50(6,7)39(52)23-26-54(40,53)12)66-46(62)37-29-36(49(37,4)5)45(61)65-31-34-18-14-13-15-19-34/h13-20,32,35-37,39-41H,21-31H2,1-12H3,(H,58,63)(H2,56,57,59,64)/t35-,36+,37-,39+,40-,41+,52+,53-,54-,55-/m1/s1. The van der Waals surface area contributed by atoms with Crippen LogP contribution in [0.4, 0.5) is 10.6 Å². The molecule has 6 aliphatic rings. The summed E-state index contributed by atoms with van der Waals surface area (Å²) in [7, 11) is 0. The van der Waals surface area contributed by atoms with Gasteiger partial charge in [-0.25, -0.2) is 9.78 Å². The summed E-state index contributed by atoms with van der Waals surface area (Å²) in [6, 6.07) is 14.5. The van der Waals surface area contributed by atoms with Crippen molar-refractivity contribution in [3.63, 3.8) is 0 Å². The highest BCUT2D eigenvalue weighted by Gasteiger charge is 2.71. The molecule has 10 atom stereocenters. The molecule has 1 aromatic carbocycles. The van der Waals surface area contributed by atoms with Crippen molar-refractivity contribution in [3.8, 4) is 0 Å². The first-order valence-corrected chi connectivity index (χ1v) is 24.8. The number of ether oxygens (including phenoxy) is 2. The number of anilines is 1. The number of ketones is 1. The highest BCUT2D eigenvalue weighted by atomic mass is 16.5. The first-order valence-electron chi connectivity index (χ1n) is 24.8. The molecule has 11 nitrogen and oxygen atoms in total. The molecule has 0 radical (unpaired) electrons. The lowest BCUT2D eigenvalue weighted by Crippen LogP contribution is -2.68. The Morgan fingerprint density at radius 3 is 2.15 bits per heavy atom. The molecule has 0 saturated heterocycles. The molecule has 1 heterocycles. The number of fused-ring (bicyclic) bond motifs is 7. The average Bonchev–Trinajstić information content (AvgIpc) is 3.52. The Hall–Kier alpha value is -4.54. The maximum Gasteiger partial charge on any atom is 0.321 e. The van der Waals surface area contributed by atoms with Crippen LogP contribution >= 0.6 is 0 Å². The molecular weight excluding hydrogens is 829 g/mol. The number of amides is 3. The number of rotatable bonds is 10. The van der Waals surface area contributed by atoms with Gasteiger partial charge in [-0.3, -0.25) is 24.5 Å². The fourth-order valence-corrected chi connectivity index (χ4v) is 15.2. The molecular formula is C55H76N4O7. The number of allylic oxidation sites excluding steroid dienone is 1. The molecule has 8 rings (SSSR count). The van der Waals surface area contributed by atoms with Crippen molar-refractivity contribution in [2.75, 3.05) is 5.32 Å². The van der Waals surface area contributed by atoms with Crippen molar-refractivity contribution >= 4 is 35.5 Å². The largest absolute Gasteiger partial charge is 0.462 e. The molecule has 0 unspecified atom stereocenters. The summed E-state index contributed by atoms with van der Waals surface area (Å²) in [4.78, 5) is 73.5. The molecule has 0 bridgehead atoms. The number of nitrogens with zero attached hydrogens (tertiary/aromatic N) is 1. The zero-order chi connectivity index (χ0) is 48.0. The lowest BCUT2D eigenvalue weighted by atomic mass is 9.33. The fraction of sp³-hybridized carbons (Fsp3) is 0.673. The molecule has 358 valence electrons. The van der Waals surface area contributed by atoms with Crippen LogP contribution in [-0.2, 0) is 35.3 Å². The second-order valence-corrected chi connectivity index (χ2v) is 24.1. The Labute approximate surface area is 393 Å². The summed E-state index contributed by atoms with van der Waals surface area (Å²) in [5.41, 5.74) is 0.711. The van der Waals surface area contributed by atoms with E-state index < -0.39 is 22.5 Å². The van der Waals surface area contributed by atoms with Crippen LogP contribution in [0.3, 0.4) is 0 Å². The van der Waals surface area contributed by atoms with Crippen LogP contribution in [0.15, 0.2) is 59.7 Å². The number of aromatic nitrogens is 1. The van der Waals surface area contributed by atoms with Gasteiger partial charge in [0, 0.05) is 17.5 Å². The number of Topliss-reactive ketones (excluding diaryl/α,β-unsaturated/α-hetero) is 1. The predicted octanol–water partition coefficient (Wildman–Crippen LogP) is 10.5. The van der Waals surface area contributed by atoms with E-state index >= 15 is 0 Å². The van der Waals surface area contributed by atoms with Crippen LogP contribution in [0.25, 0.3) is 0 Å². The number of urea groups is 1. The van der Waals surface area contributed by atoms with Gasteiger partial charge in [0.15, 0.2) is 5.78 Å². The number of carbonyl (C=O) groups is 5. The van der Waals surface area contributed by atoms with Crippen molar-refractivity contribution in [1.82, 2.24) is 15.6 Å². The first kappa shape index (κ1) is 47.9. The van der Waals surface area contributed by atoms with E-state index in [1.165, 1.54) is 0 Å². The Morgan fingerprint density at radius 1 is 0.788 bits per heavy atom. The Morgan fingerprint density at radius 2 is 1.48 bits per heavy atom. The number of aryl methyl sites for hydroxylation is 1. The van der Waals surface area contributed by atoms with E-state index in [1.54, 1.807) is 19.9 Å². The molecule has 3 N–H and O–H groups in total. The van der Waals surface area contributed by atoms with Crippen LogP contribution in [0, 0.1) is 69.5 Å². The highest BCUT2D eigenvalue weighted by molar-refractivity contribution is 6.03. The number of nitrogens with one attached hydrogen (secondary N) is 3. The van der Waals surface area contributed by atoms with Gasteiger partial charge in [-0.15, -0.1) is 0 Å². The molecule has 1 aromatic heterocycles. The number of benzene rings is 1. The molecule has 6 aliphatic carbocycles. The third-order valence-electron chi connectivity index (χ3n) is 19.2. The monoisotopic (exact) mass is 905 g/mol. The summed E-state index contributed by atoms with van der Waals surface area (Å²) >= 11 is 0. The maximum absolute atomic E-state index is 14.4. The molecule has 5 fully saturated rings. The third kappa shape index (κ3) is 7.70. The lowest BCUT2D eigenvalue weighted by molar-refractivity contribution is -0.235. The quantitative estimate of drug-likeness (QED) is 0.199. The zero-order valence-electron chi connectivity index (χ0n) is 41.7. The normalized spacial score (nSPS) is 35.3. The molecule has 3 amide bonds. The van der Waals surface area contributed by atoms with Crippen molar-refractivity contribution in [3.05, 3.63) is 70.9 Å². The van der Waals surface area contributed by atoms with Gasteiger partial charge in [0.25, 0.3) is 0 Å². The van der Waals surface area contributed by atoms with Gasteiger partial charge in [0.05, 0.1) is 17.4 Å². The SMILES string of the molecule is Cc1cccc(NC(=O)NC(C)(C)C(=O)N[C@@]23CC[C@]4(C)[C@H](CC[C@@H]5[C@@]6(C)CC[C@H](OC(=O)[C@H]7C[C@@H](C(=O)OCc8ccccc8)C7(C)C)C(C)(C)[C@@H]6CC[C@]54C)C2=C(C(C)C)C(=O)C3)n1. The van der Waals surface area contributed by atoms with Gasteiger partial charge in [-0.2, -0.15) is 0 Å². The van der Waals surface area contributed by atoms with Crippen LogP contribution in [0.1, 0.15) is 152 Å². The summed E-state index contributed by atoms with van der Waals surface area (Å²) in [5, 5.41) is 9.09. The van der Waals surface area contributed by atoms with Gasteiger partial charge in [-0.1, -0.05) is 98.7 Å². The zero-order valence-corrected chi connectivity index (χ0v) is 41.7. The first-order chi connectivity index (χ1) is 30.8. The minimum atomic E-state index is -1.28. The van der Waals surface area contributed by atoms with Gasteiger partial charge >= 0.3 is 18.0 Å². The van der Waals surface area contributed by atoms with Crippen molar-refractivity contribution in [1.29, 1.82) is 0 Å². The predicted molar refractivity (Wildman–Crippen MR) is 255 cm³/mol. The van der Waals surface area contributed by atoms with E-state index in [9.17, 15) is 24.0 Å². The maximum atomic E-state index is 14.4. The highest BCUT2D eigenvalue weighted by Crippen LogP contribution is 2.76. The number of hydrogen-bond donors (Lipinski definition) is 3. The average molecular weight is 905 g/mol. The number of pyridine rings is 1. The number of hydrogen-bond acceptors (Lipinski definition) is 8. The van der Waals surface area contributed by atoms with Crippen LogP contribution in [0.5, 0.6) is 0 Å². The molecule has 66 heavy (non-hydrogen) atoms. The Kier molecular flexibility index (Phi) is 12.1. The van der Waals surface area contributed by atoms with E-state index in [0.29, 0.717) is 30.5 Å². The number of carbonyl (C=O) groups excluding carboxylic acids is 5. The van der Waals surface area contributed by atoms with E-state index in [-0.39, 0.29) is 88.1 Å². The van der Waals surface area contributed by atoms with E-state index in [1.807, 2.05) is 63.2 Å². The fourth-order valence-electron chi connectivity index (χ4n) is 15.2. The summed E-state index contributed by atoms with van der Waals surface area (Å²) in [5.74, 6) is -0.0404. The minimum absolute atomic E-state index is 0.00907. The smallest absolute Gasteiger partial charge is 0.321 e. The van der Waals surface area contributed by atoms with Crippen LogP contribution < -0.4 is 16.0 Å². The summed E-state index contributed by atoms with van der Waals surface area (Å²) in [6.07, 6.45) is 7.79. The Balaban J connectivity index is 0.971. The lowest BCUT2D eigenvalue weighted by Gasteiger charge is -2.72. The van der Waals surface area contributed by atoms with E-state index in [4.69, 9.17) is 9.47 Å². The topological polar surface area (TPSA) is 153 Å². The van der Waals surface area contributed by atoms with Gasteiger partial charge in [-0.05, 0) is 153 Å². The van der Waals surface area contributed by atoms with Crippen LogP contribution in [0.2, 0.25) is 0 Å².